The molecule has 3 aliphatic rings. The van der Waals surface area contributed by atoms with Gasteiger partial charge in [-0.05, 0) is 37.0 Å². The average Bonchev–Trinajstić information content (AvgIpc) is 3.47. The van der Waals surface area contributed by atoms with Gasteiger partial charge in [0.05, 0.1) is 16.1 Å². The smallest absolute Gasteiger partial charge is 0.352 e. The number of carboxylic acid groups (broad SMARTS) is 2. The summed E-state index contributed by atoms with van der Waals surface area (Å²) in [6.07, 6.45) is 0.407. The summed E-state index contributed by atoms with van der Waals surface area (Å²) in [5.41, 5.74) is 0.819. The number of carbonyl (C=O) groups excluding carboxylic acids is 3. The number of fused-ring (bicyclic) bond motifs is 2. The molecule has 13 nitrogen and oxygen atoms in total. The Labute approximate surface area is 246 Å². The Kier molecular flexibility index (Phi) is 8.15. The van der Waals surface area contributed by atoms with Crippen molar-refractivity contribution >= 4 is 70.4 Å². The number of aliphatic carboxylic acids is 2. The van der Waals surface area contributed by atoms with E-state index in [0.717, 1.165) is 4.90 Å². The van der Waals surface area contributed by atoms with E-state index in [2.05, 4.69) is 15.5 Å². The quantitative estimate of drug-likeness (QED) is 0.144. The van der Waals surface area contributed by atoms with Gasteiger partial charge in [-0.1, -0.05) is 36.1 Å². The first-order valence-corrected chi connectivity index (χ1v) is 14.8. The molecule has 0 spiro atoms. The number of rotatable bonds is 11. The zero-order valence-corrected chi connectivity index (χ0v) is 23.9. The van der Waals surface area contributed by atoms with Gasteiger partial charge in [0, 0.05) is 18.4 Å². The van der Waals surface area contributed by atoms with Crippen molar-refractivity contribution in [3.8, 4) is 0 Å². The molecule has 3 N–H and O–H groups in total. The number of thiocarbonyl (C=S) groups is 1. The van der Waals surface area contributed by atoms with Gasteiger partial charge in [-0.15, -0.1) is 22.0 Å². The number of carbonyl (C=O) groups is 5. The first kappa shape index (κ1) is 28.8. The monoisotopic (exact) mass is 617 g/mol. The highest BCUT2D eigenvalue weighted by Gasteiger charge is 2.53. The van der Waals surface area contributed by atoms with Gasteiger partial charge in [0.2, 0.25) is 5.89 Å². The number of hydrogen-bond acceptors (Lipinski definition) is 11. The number of β-lactam (4-membered cyclic amide) rings is 1. The van der Waals surface area contributed by atoms with Gasteiger partial charge in [0.1, 0.15) is 23.2 Å². The summed E-state index contributed by atoms with van der Waals surface area (Å²) in [7, 11) is 0. The Hall–Kier alpha value is -3.76. The highest BCUT2D eigenvalue weighted by atomic mass is 32.2. The maximum absolute atomic E-state index is 13.0. The predicted molar refractivity (Wildman–Crippen MR) is 149 cm³/mol. The molecule has 1 aromatic carbocycles. The Morgan fingerprint density at radius 2 is 1.88 bits per heavy atom. The van der Waals surface area contributed by atoms with Crippen molar-refractivity contribution in [1.82, 2.24) is 25.3 Å². The minimum Gasteiger partial charge on any atom is -0.480 e. The largest absolute Gasteiger partial charge is 0.480 e. The van der Waals surface area contributed by atoms with Gasteiger partial charge in [-0.2, -0.15) is 0 Å². The fraction of sp³-hybridized carbons (Fsp3) is 0.360. The minimum atomic E-state index is -1.37. The Bertz CT molecular complexity index is 1470. The lowest BCUT2D eigenvalue weighted by atomic mass is 10.0. The molecule has 1 saturated heterocycles. The topological polar surface area (TPSA) is 183 Å². The summed E-state index contributed by atoms with van der Waals surface area (Å²) in [6, 6.07) is 4.07. The van der Waals surface area contributed by atoms with E-state index >= 15 is 0 Å². The molecule has 4 heterocycles. The maximum Gasteiger partial charge on any atom is 0.352 e. The first-order valence-electron chi connectivity index (χ1n) is 12.4. The third-order valence-electron chi connectivity index (χ3n) is 6.75. The van der Waals surface area contributed by atoms with E-state index in [1.807, 2.05) is 0 Å². The third-order valence-corrected chi connectivity index (χ3v) is 9.31. The number of imide groups is 1. The summed E-state index contributed by atoms with van der Waals surface area (Å²) in [4.78, 5) is 64.8. The number of nitrogens with zero attached hydrogens (tertiary/aromatic N) is 4. The number of amides is 3. The second-order valence-electron chi connectivity index (χ2n) is 9.36. The molecular weight excluding hydrogens is 595 g/mol. The normalized spacial score (nSPS) is 20.5. The number of nitrogens with one attached hydrogen (secondary N) is 1. The van der Waals surface area contributed by atoms with Crippen LogP contribution in [0.5, 0.6) is 0 Å². The fourth-order valence-corrected chi connectivity index (χ4v) is 7.40. The Morgan fingerprint density at radius 1 is 1.20 bits per heavy atom. The highest BCUT2D eigenvalue weighted by molar-refractivity contribution is 8.01. The standard InChI is InChI=1S/C25H23N5O8S3/c1-11-27-28-25(38-11)41-10-12-9-40-22-17(21(33)30(22)18(12)24(36)37)26-16(39)8-4-7-15(23(34)35)29-19(31)13-5-2-3-6-14(13)20(29)32/h2-3,5-6,15,17,22H,4,7-10H2,1H3,(H,26,39)(H,34,35)(H,36,37)/t15?,17?,22-/m0/s1. The second kappa shape index (κ2) is 11.6. The average molecular weight is 618 g/mol. The van der Waals surface area contributed by atoms with Crippen LogP contribution in [0.3, 0.4) is 0 Å². The van der Waals surface area contributed by atoms with Crippen molar-refractivity contribution in [2.24, 2.45) is 0 Å². The number of hydrogen-bond donors (Lipinski definition) is 3. The summed E-state index contributed by atoms with van der Waals surface area (Å²) in [5, 5.41) is 30.0. The van der Waals surface area contributed by atoms with Gasteiger partial charge in [-0.3, -0.25) is 24.2 Å². The van der Waals surface area contributed by atoms with Gasteiger partial charge >= 0.3 is 11.9 Å². The number of aromatic nitrogens is 2. The van der Waals surface area contributed by atoms with E-state index in [1.54, 1.807) is 19.1 Å². The van der Waals surface area contributed by atoms with Crippen LogP contribution in [0.2, 0.25) is 0 Å². The molecule has 0 saturated carbocycles. The zero-order chi connectivity index (χ0) is 29.4. The minimum absolute atomic E-state index is 0.0297. The van der Waals surface area contributed by atoms with Gasteiger partial charge in [0.15, 0.2) is 0 Å². The van der Waals surface area contributed by atoms with Crippen molar-refractivity contribution in [3.63, 3.8) is 0 Å². The maximum atomic E-state index is 13.0. The molecule has 16 heteroatoms. The van der Waals surface area contributed by atoms with Gasteiger partial charge in [0.25, 0.3) is 22.9 Å². The molecule has 5 rings (SSSR count). The molecule has 1 aromatic heterocycles. The van der Waals surface area contributed by atoms with E-state index in [9.17, 15) is 34.2 Å². The van der Waals surface area contributed by atoms with E-state index in [4.69, 9.17) is 16.6 Å². The zero-order valence-electron chi connectivity index (χ0n) is 21.4. The van der Waals surface area contributed by atoms with Gasteiger partial charge in [-0.25, -0.2) is 9.59 Å². The molecule has 0 aliphatic carbocycles. The van der Waals surface area contributed by atoms with E-state index in [-0.39, 0.29) is 41.8 Å². The van der Waals surface area contributed by atoms with Crippen LogP contribution in [0.25, 0.3) is 0 Å². The summed E-state index contributed by atoms with van der Waals surface area (Å²) < 4.78 is 5.32. The molecule has 2 unspecified atom stereocenters. The van der Waals surface area contributed by atoms with Crippen molar-refractivity contribution in [2.45, 2.75) is 48.9 Å². The van der Waals surface area contributed by atoms with Crippen molar-refractivity contribution in [3.05, 3.63) is 52.6 Å². The number of thioether (sulfide) groups is 2. The molecule has 3 aliphatic heterocycles. The lowest BCUT2D eigenvalue weighted by molar-refractivity contribution is -0.148. The van der Waals surface area contributed by atoms with Crippen LogP contribution < -0.4 is 5.32 Å². The fourth-order valence-electron chi connectivity index (χ4n) is 4.84. The van der Waals surface area contributed by atoms with Crippen LogP contribution in [0.4, 0.5) is 0 Å². The Balaban J connectivity index is 1.16. The molecule has 214 valence electrons. The molecule has 3 amide bonds. The lowest BCUT2D eigenvalue weighted by Gasteiger charge is -2.49. The third kappa shape index (κ3) is 5.46. The highest BCUT2D eigenvalue weighted by Crippen LogP contribution is 2.41. The van der Waals surface area contributed by atoms with Gasteiger partial charge < -0.3 is 19.9 Å². The molecule has 3 atom stereocenters. The molecule has 1 fully saturated rings. The lowest BCUT2D eigenvalue weighted by Crippen LogP contribution is -2.70. The molecule has 0 bridgehead atoms. The molecule has 0 radical (unpaired) electrons. The Morgan fingerprint density at radius 3 is 2.46 bits per heavy atom. The van der Waals surface area contributed by atoms with Crippen molar-refractivity contribution < 1.29 is 38.6 Å². The van der Waals surface area contributed by atoms with E-state index < -0.39 is 47.1 Å². The summed E-state index contributed by atoms with van der Waals surface area (Å²) in [6.45, 7) is 1.65. The van der Waals surface area contributed by atoms with Crippen molar-refractivity contribution in [2.75, 3.05) is 11.5 Å². The second-order valence-corrected chi connectivity index (χ2v) is 11.9. The van der Waals surface area contributed by atoms with Crippen LogP contribution in [-0.4, -0.2) is 93.8 Å². The number of carboxylic acids is 2. The van der Waals surface area contributed by atoms with Crippen LogP contribution in [-0.2, 0) is 14.4 Å². The SMILES string of the molecule is Cc1nnc(SCC2=C(C(=O)O)N3C(=O)C(NC(=S)CCCC(C(=O)O)N4C(=O)c5ccccc5C4=O)[C@@H]3SC2)o1. The summed E-state index contributed by atoms with van der Waals surface area (Å²) in [5.74, 6) is -3.23. The summed E-state index contributed by atoms with van der Waals surface area (Å²) >= 11 is 7.99. The van der Waals surface area contributed by atoms with Crippen LogP contribution in [0.1, 0.15) is 45.9 Å². The van der Waals surface area contributed by atoms with Crippen molar-refractivity contribution in [1.29, 1.82) is 0 Å². The van der Waals surface area contributed by atoms with E-state index in [1.165, 1.54) is 40.6 Å². The predicted octanol–water partition coefficient (Wildman–Crippen LogP) is 1.93. The van der Waals surface area contributed by atoms with Crippen LogP contribution in [0.15, 0.2) is 45.2 Å². The van der Waals surface area contributed by atoms with Crippen LogP contribution >= 0.6 is 35.7 Å². The molecular formula is C25H23N5O8S3. The van der Waals surface area contributed by atoms with Crippen LogP contribution in [0, 0.1) is 6.92 Å². The molecule has 41 heavy (non-hydrogen) atoms. The number of benzene rings is 1. The molecule has 2 aromatic rings. The number of aryl methyl sites for hydroxylation is 1. The van der Waals surface area contributed by atoms with E-state index in [0.29, 0.717) is 27.4 Å². The first-order chi connectivity index (χ1) is 19.6.